The highest BCUT2D eigenvalue weighted by Gasteiger charge is 2.34. The van der Waals surface area contributed by atoms with Gasteiger partial charge in [0, 0.05) is 38.3 Å². The summed E-state index contributed by atoms with van der Waals surface area (Å²) in [6.45, 7) is 9.86. The van der Waals surface area contributed by atoms with E-state index in [0.29, 0.717) is 6.04 Å². The van der Waals surface area contributed by atoms with E-state index < -0.39 is 0 Å². The van der Waals surface area contributed by atoms with Crippen LogP contribution in [0.15, 0.2) is 30.3 Å². The van der Waals surface area contributed by atoms with Gasteiger partial charge in [-0.1, -0.05) is 30.3 Å². The van der Waals surface area contributed by atoms with Crippen LogP contribution in [0.25, 0.3) is 0 Å². The third-order valence-corrected chi connectivity index (χ3v) is 4.32. The lowest BCUT2D eigenvalue weighted by Gasteiger charge is -2.47. The summed E-state index contributed by atoms with van der Waals surface area (Å²) in [5.41, 5.74) is 1.60. The maximum Gasteiger partial charge on any atom is 0.0670 e. The zero-order valence-electron chi connectivity index (χ0n) is 13.2. The lowest BCUT2D eigenvalue weighted by atomic mass is 9.94. The van der Waals surface area contributed by atoms with Gasteiger partial charge in [0.1, 0.15) is 0 Å². The first-order valence-corrected chi connectivity index (χ1v) is 7.56. The molecule has 0 bridgehead atoms. The van der Waals surface area contributed by atoms with E-state index in [2.05, 4.69) is 61.3 Å². The van der Waals surface area contributed by atoms with Gasteiger partial charge in [-0.3, -0.25) is 4.90 Å². The third-order valence-electron chi connectivity index (χ3n) is 4.32. The molecule has 0 radical (unpaired) electrons. The van der Waals surface area contributed by atoms with Gasteiger partial charge in [-0.05, 0) is 32.8 Å². The van der Waals surface area contributed by atoms with Crippen LogP contribution in [0.2, 0.25) is 0 Å². The number of piperazine rings is 1. The third kappa shape index (κ3) is 4.05. The van der Waals surface area contributed by atoms with Crippen molar-refractivity contribution >= 4 is 0 Å². The van der Waals surface area contributed by atoms with Gasteiger partial charge in [0.2, 0.25) is 0 Å². The van der Waals surface area contributed by atoms with Crippen LogP contribution < -0.4 is 5.32 Å². The van der Waals surface area contributed by atoms with Gasteiger partial charge >= 0.3 is 0 Å². The van der Waals surface area contributed by atoms with Crippen molar-refractivity contribution in [1.29, 1.82) is 0 Å². The number of hydrogen-bond donors (Lipinski definition) is 1. The van der Waals surface area contributed by atoms with Gasteiger partial charge in [0.05, 0.1) is 6.10 Å². The molecule has 0 spiro atoms. The highest BCUT2D eigenvalue weighted by Crippen LogP contribution is 2.20. The van der Waals surface area contributed by atoms with E-state index in [1.54, 1.807) is 7.11 Å². The number of benzene rings is 1. The summed E-state index contributed by atoms with van der Waals surface area (Å²) in [6, 6.07) is 11.3. The minimum atomic E-state index is 0.194. The first kappa shape index (κ1) is 15.5. The first-order valence-electron chi connectivity index (χ1n) is 7.56. The number of ether oxygens (including phenoxy) is 1. The lowest BCUT2D eigenvalue weighted by molar-refractivity contribution is 0.00868. The predicted molar refractivity (Wildman–Crippen MR) is 84.1 cm³/mol. The topological polar surface area (TPSA) is 24.5 Å². The number of hydrogen-bond acceptors (Lipinski definition) is 3. The fraction of sp³-hybridized carbons (Fsp3) is 0.647. The molecule has 0 aromatic heterocycles. The Bertz CT molecular complexity index is 405. The number of nitrogens with zero attached hydrogens (tertiary/aromatic N) is 1. The second-order valence-corrected chi connectivity index (χ2v) is 6.53. The lowest BCUT2D eigenvalue weighted by Crippen LogP contribution is -2.63. The summed E-state index contributed by atoms with van der Waals surface area (Å²) in [5, 5.41) is 3.70. The number of nitrogens with one attached hydrogen (secondary N) is 1. The van der Waals surface area contributed by atoms with E-state index in [0.717, 1.165) is 26.1 Å². The van der Waals surface area contributed by atoms with Crippen LogP contribution in [-0.4, -0.2) is 49.3 Å². The van der Waals surface area contributed by atoms with Crippen LogP contribution >= 0.6 is 0 Å². The van der Waals surface area contributed by atoms with Crippen molar-refractivity contribution in [3.8, 4) is 0 Å². The Kier molecular flexibility index (Phi) is 5.19. The summed E-state index contributed by atoms with van der Waals surface area (Å²) in [6.07, 6.45) is 1.37. The summed E-state index contributed by atoms with van der Waals surface area (Å²) in [7, 11) is 1.79. The van der Waals surface area contributed by atoms with Gasteiger partial charge in [0.15, 0.2) is 0 Å². The van der Waals surface area contributed by atoms with Gasteiger partial charge in [-0.25, -0.2) is 0 Å². The fourth-order valence-corrected chi connectivity index (χ4v) is 2.83. The Labute approximate surface area is 123 Å². The average molecular weight is 276 g/mol. The maximum atomic E-state index is 5.44. The molecule has 2 rings (SSSR count). The molecule has 3 heteroatoms. The Morgan fingerprint density at radius 3 is 2.70 bits per heavy atom. The quantitative estimate of drug-likeness (QED) is 0.893. The van der Waals surface area contributed by atoms with Crippen molar-refractivity contribution in [3.63, 3.8) is 0 Å². The summed E-state index contributed by atoms with van der Waals surface area (Å²) < 4.78 is 5.44. The van der Waals surface area contributed by atoms with Crippen LogP contribution in [0.1, 0.15) is 26.3 Å². The Balaban J connectivity index is 1.97. The Morgan fingerprint density at radius 2 is 2.05 bits per heavy atom. The van der Waals surface area contributed by atoms with E-state index in [1.807, 2.05) is 0 Å². The molecule has 3 nitrogen and oxygen atoms in total. The molecule has 0 saturated carbocycles. The average Bonchev–Trinajstić information content (AvgIpc) is 2.44. The Morgan fingerprint density at radius 1 is 1.35 bits per heavy atom. The minimum absolute atomic E-state index is 0.194. The maximum absolute atomic E-state index is 5.44. The highest BCUT2D eigenvalue weighted by molar-refractivity contribution is 5.16. The highest BCUT2D eigenvalue weighted by atomic mass is 16.5. The molecule has 2 atom stereocenters. The standard InChI is InChI=1S/C17H28N2O/c1-14(20-4)11-19-12-16(18-13-17(19,2)3)10-15-8-6-5-7-9-15/h5-9,14,16,18H,10-13H2,1-4H3. The van der Waals surface area contributed by atoms with Crippen molar-refractivity contribution < 1.29 is 4.74 Å². The molecule has 1 aliphatic heterocycles. The number of methoxy groups -OCH3 is 1. The van der Waals surface area contributed by atoms with E-state index in [1.165, 1.54) is 5.56 Å². The van der Waals surface area contributed by atoms with Crippen LogP contribution in [-0.2, 0) is 11.2 Å². The second-order valence-electron chi connectivity index (χ2n) is 6.53. The van der Waals surface area contributed by atoms with E-state index in [9.17, 15) is 0 Å². The molecular weight excluding hydrogens is 248 g/mol. The molecule has 0 amide bonds. The smallest absolute Gasteiger partial charge is 0.0670 e. The fourth-order valence-electron chi connectivity index (χ4n) is 2.83. The molecule has 1 aromatic rings. The molecular formula is C17H28N2O. The molecule has 1 N–H and O–H groups in total. The second kappa shape index (κ2) is 6.70. The van der Waals surface area contributed by atoms with Gasteiger partial charge < -0.3 is 10.1 Å². The number of rotatable bonds is 5. The van der Waals surface area contributed by atoms with Crippen molar-refractivity contribution in [3.05, 3.63) is 35.9 Å². The molecule has 1 aromatic carbocycles. The molecule has 0 aliphatic carbocycles. The summed E-state index contributed by atoms with van der Waals surface area (Å²) in [5.74, 6) is 0. The zero-order chi connectivity index (χ0) is 14.6. The molecule has 1 aliphatic rings. The van der Waals surface area contributed by atoms with Crippen molar-refractivity contribution in [2.45, 2.75) is 44.9 Å². The van der Waals surface area contributed by atoms with Gasteiger partial charge in [-0.2, -0.15) is 0 Å². The molecule has 1 saturated heterocycles. The minimum Gasteiger partial charge on any atom is -0.380 e. The van der Waals surface area contributed by atoms with Crippen molar-refractivity contribution in [2.24, 2.45) is 0 Å². The molecule has 1 heterocycles. The van der Waals surface area contributed by atoms with Crippen LogP contribution in [0, 0.1) is 0 Å². The summed E-state index contributed by atoms with van der Waals surface area (Å²) in [4.78, 5) is 2.56. The SMILES string of the molecule is COC(C)CN1CC(Cc2ccccc2)NCC1(C)C. The van der Waals surface area contributed by atoms with Crippen LogP contribution in [0.4, 0.5) is 0 Å². The normalized spacial score (nSPS) is 24.5. The van der Waals surface area contributed by atoms with Crippen LogP contribution in [0.3, 0.4) is 0 Å². The van der Waals surface area contributed by atoms with E-state index in [-0.39, 0.29) is 11.6 Å². The van der Waals surface area contributed by atoms with Crippen molar-refractivity contribution in [2.75, 3.05) is 26.7 Å². The Hall–Kier alpha value is -0.900. The van der Waals surface area contributed by atoms with Crippen LogP contribution in [0.5, 0.6) is 0 Å². The first-order chi connectivity index (χ1) is 9.51. The molecule has 112 valence electrons. The molecule has 20 heavy (non-hydrogen) atoms. The largest absolute Gasteiger partial charge is 0.380 e. The zero-order valence-corrected chi connectivity index (χ0v) is 13.2. The monoisotopic (exact) mass is 276 g/mol. The van der Waals surface area contributed by atoms with Gasteiger partial charge in [-0.15, -0.1) is 0 Å². The van der Waals surface area contributed by atoms with E-state index >= 15 is 0 Å². The molecule has 2 unspecified atom stereocenters. The predicted octanol–water partition coefficient (Wildman–Crippen LogP) is 2.32. The molecule has 1 fully saturated rings. The van der Waals surface area contributed by atoms with E-state index in [4.69, 9.17) is 4.74 Å². The van der Waals surface area contributed by atoms with Gasteiger partial charge in [0.25, 0.3) is 0 Å². The summed E-state index contributed by atoms with van der Waals surface area (Å²) >= 11 is 0. The van der Waals surface area contributed by atoms with Crippen molar-refractivity contribution in [1.82, 2.24) is 10.2 Å².